The number of aromatic amines is 1. The maximum absolute atomic E-state index is 12.4. The van der Waals surface area contributed by atoms with E-state index in [0.717, 1.165) is 47.7 Å². The fourth-order valence-electron chi connectivity index (χ4n) is 4.17. The Morgan fingerprint density at radius 3 is 2.89 bits per heavy atom. The zero-order valence-electron chi connectivity index (χ0n) is 19.4. The minimum absolute atomic E-state index is 0.0758. The Balaban J connectivity index is 1.25. The number of carbonyl (C=O) groups excluding carboxylic acids is 1. The van der Waals surface area contributed by atoms with Crippen LogP contribution in [0.2, 0.25) is 0 Å². The summed E-state index contributed by atoms with van der Waals surface area (Å²) in [5.41, 5.74) is 2.55. The van der Waals surface area contributed by atoms with Gasteiger partial charge in [-0.05, 0) is 74.0 Å². The summed E-state index contributed by atoms with van der Waals surface area (Å²) in [7, 11) is 0. The molecule has 1 atom stereocenters. The molecule has 0 bridgehead atoms. The van der Waals surface area contributed by atoms with Crippen LogP contribution in [0.4, 0.5) is 17.5 Å². The molecule has 5 rings (SSSR count). The second kappa shape index (κ2) is 10.5. The van der Waals surface area contributed by atoms with Crippen molar-refractivity contribution in [2.24, 2.45) is 0 Å². The Kier molecular flexibility index (Phi) is 6.98. The highest BCUT2D eigenvalue weighted by Crippen LogP contribution is 2.28. The van der Waals surface area contributed by atoms with Crippen molar-refractivity contribution in [1.82, 2.24) is 29.5 Å². The topological polar surface area (TPSA) is 123 Å². The van der Waals surface area contributed by atoms with E-state index in [1.165, 1.54) is 11.8 Å². The lowest BCUT2D eigenvalue weighted by Crippen LogP contribution is -2.38. The van der Waals surface area contributed by atoms with Crippen molar-refractivity contribution < 1.29 is 9.90 Å². The second-order valence-electron chi connectivity index (χ2n) is 8.45. The first-order valence-corrected chi connectivity index (χ1v) is 12.5. The van der Waals surface area contributed by atoms with Gasteiger partial charge in [-0.3, -0.25) is 19.2 Å². The molecule has 10 nitrogen and oxygen atoms in total. The number of nitrogens with one attached hydrogen (secondary N) is 3. The molecular formula is C24H28N8O2S. The van der Waals surface area contributed by atoms with E-state index in [1.54, 1.807) is 0 Å². The van der Waals surface area contributed by atoms with Gasteiger partial charge in [0.05, 0.1) is 13.2 Å². The van der Waals surface area contributed by atoms with Gasteiger partial charge in [0.1, 0.15) is 5.65 Å². The molecule has 0 saturated carbocycles. The summed E-state index contributed by atoms with van der Waals surface area (Å²) in [6.45, 7) is 3.29. The number of hydrogen-bond acceptors (Lipinski definition) is 8. The van der Waals surface area contributed by atoms with Crippen molar-refractivity contribution in [1.29, 1.82) is 0 Å². The molecule has 11 heteroatoms. The fraction of sp³-hybridized carbons (Fsp3) is 0.333. The van der Waals surface area contributed by atoms with Gasteiger partial charge in [0.2, 0.25) is 11.9 Å². The average molecular weight is 493 g/mol. The van der Waals surface area contributed by atoms with Crippen LogP contribution >= 0.6 is 11.8 Å². The summed E-state index contributed by atoms with van der Waals surface area (Å²) in [4.78, 5) is 24.8. The smallest absolute Gasteiger partial charge is 0.238 e. The van der Waals surface area contributed by atoms with E-state index in [0.29, 0.717) is 23.5 Å². The number of nitrogens with zero attached hydrogens (tertiary/aromatic N) is 5. The Labute approximate surface area is 207 Å². The number of rotatable bonds is 9. The van der Waals surface area contributed by atoms with Crippen LogP contribution in [0.15, 0.2) is 58.7 Å². The molecular weight excluding hydrogens is 464 g/mol. The van der Waals surface area contributed by atoms with Crippen LogP contribution in [-0.2, 0) is 11.2 Å². The number of fused-ring (bicyclic) bond motifs is 1. The van der Waals surface area contributed by atoms with Gasteiger partial charge in [-0.2, -0.15) is 10.1 Å². The number of aromatic nitrogens is 5. The molecule has 4 heterocycles. The van der Waals surface area contributed by atoms with Crippen molar-refractivity contribution >= 4 is 40.8 Å². The normalized spacial score (nSPS) is 16.1. The maximum atomic E-state index is 12.4. The number of benzene rings is 1. The first-order chi connectivity index (χ1) is 17.1. The summed E-state index contributed by atoms with van der Waals surface area (Å²) in [6.07, 6.45) is 4.73. The van der Waals surface area contributed by atoms with Crippen molar-refractivity contribution in [2.45, 2.75) is 42.3 Å². The molecule has 1 fully saturated rings. The lowest BCUT2D eigenvalue weighted by Gasteiger charge is -2.21. The Hall–Kier alpha value is -3.41. The Morgan fingerprint density at radius 1 is 1.26 bits per heavy atom. The Bertz CT molecular complexity index is 1300. The summed E-state index contributed by atoms with van der Waals surface area (Å²) >= 11 is 1.44. The van der Waals surface area contributed by atoms with Gasteiger partial charge >= 0.3 is 0 Å². The highest BCUT2D eigenvalue weighted by atomic mass is 32.2. The molecule has 0 radical (unpaired) electrons. The quantitative estimate of drug-likeness (QED) is 0.281. The van der Waals surface area contributed by atoms with Crippen molar-refractivity contribution in [3.05, 3.63) is 54.4 Å². The van der Waals surface area contributed by atoms with Gasteiger partial charge in [0, 0.05) is 34.6 Å². The van der Waals surface area contributed by atoms with E-state index >= 15 is 0 Å². The molecule has 3 aromatic heterocycles. The SMILES string of the molecule is CCc1cc(Nc2nc(Sc3ccc(NC(=O)CN4CCCC4CO)cc3)nc3cccn23)n[nH]1. The third-order valence-corrected chi connectivity index (χ3v) is 6.90. The zero-order chi connectivity index (χ0) is 24.2. The number of hydrogen-bond donors (Lipinski definition) is 4. The standard InChI is InChI=1S/C24H28N8O2S/c1-2-16-13-20(30-29-16)26-23-28-24(27-21-6-4-12-32(21)23)35-19-9-7-17(8-10-19)25-22(34)14-31-11-3-5-18(31)15-33/h4,6-10,12-13,18,33H,2-3,5,11,14-15H2,1H3,(H,25,34)(H2,26,27,28,29,30). The van der Waals surface area contributed by atoms with Gasteiger partial charge in [-0.15, -0.1) is 0 Å². The molecule has 1 aliphatic rings. The van der Waals surface area contributed by atoms with Crippen LogP contribution in [0, 0.1) is 0 Å². The predicted molar refractivity (Wildman–Crippen MR) is 135 cm³/mol. The van der Waals surface area contributed by atoms with Crippen LogP contribution in [-0.4, -0.2) is 66.2 Å². The molecule has 182 valence electrons. The highest BCUT2D eigenvalue weighted by molar-refractivity contribution is 7.99. The number of amides is 1. The summed E-state index contributed by atoms with van der Waals surface area (Å²) < 4.78 is 1.88. The van der Waals surface area contributed by atoms with Gasteiger partial charge in [-0.25, -0.2) is 4.98 Å². The summed E-state index contributed by atoms with van der Waals surface area (Å²) in [5.74, 6) is 1.25. The van der Waals surface area contributed by atoms with E-state index in [-0.39, 0.29) is 18.6 Å². The van der Waals surface area contributed by atoms with Gasteiger partial charge in [0.15, 0.2) is 11.0 Å². The molecule has 1 amide bonds. The van der Waals surface area contributed by atoms with E-state index in [9.17, 15) is 9.90 Å². The van der Waals surface area contributed by atoms with E-state index < -0.39 is 0 Å². The molecule has 35 heavy (non-hydrogen) atoms. The zero-order valence-corrected chi connectivity index (χ0v) is 20.3. The third-order valence-electron chi connectivity index (χ3n) is 6.02. The minimum atomic E-state index is -0.0758. The number of likely N-dealkylation sites (tertiary alicyclic amines) is 1. The van der Waals surface area contributed by atoms with Crippen molar-refractivity contribution in [2.75, 3.05) is 30.3 Å². The maximum Gasteiger partial charge on any atom is 0.238 e. The monoisotopic (exact) mass is 492 g/mol. The molecule has 0 aliphatic carbocycles. The molecule has 4 aromatic rings. The lowest BCUT2D eigenvalue weighted by molar-refractivity contribution is -0.117. The number of carbonyl (C=O) groups is 1. The van der Waals surface area contributed by atoms with E-state index in [4.69, 9.17) is 4.98 Å². The molecule has 1 unspecified atom stereocenters. The number of aliphatic hydroxyl groups excluding tert-OH is 1. The van der Waals surface area contributed by atoms with Crippen LogP contribution in [0.1, 0.15) is 25.5 Å². The van der Waals surface area contributed by atoms with Gasteiger partial charge in [-0.1, -0.05) is 6.92 Å². The molecule has 1 aliphatic heterocycles. The molecule has 1 saturated heterocycles. The minimum Gasteiger partial charge on any atom is -0.395 e. The summed E-state index contributed by atoms with van der Waals surface area (Å²) in [5, 5.41) is 23.6. The first-order valence-electron chi connectivity index (χ1n) is 11.7. The first kappa shape index (κ1) is 23.3. The van der Waals surface area contributed by atoms with Crippen molar-refractivity contribution in [3.63, 3.8) is 0 Å². The number of H-pyrrole nitrogens is 1. The largest absolute Gasteiger partial charge is 0.395 e. The van der Waals surface area contributed by atoms with Crippen LogP contribution in [0.3, 0.4) is 0 Å². The van der Waals surface area contributed by atoms with Crippen molar-refractivity contribution in [3.8, 4) is 0 Å². The van der Waals surface area contributed by atoms with Crippen LogP contribution in [0.5, 0.6) is 0 Å². The number of aryl methyl sites for hydroxylation is 1. The van der Waals surface area contributed by atoms with E-state index in [2.05, 4.69) is 32.7 Å². The predicted octanol–water partition coefficient (Wildman–Crippen LogP) is 3.30. The lowest BCUT2D eigenvalue weighted by atomic mass is 10.2. The molecule has 4 N–H and O–H groups in total. The third kappa shape index (κ3) is 5.47. The van der Waals surface area contributed by atoms with Gasteiger partial charge < -0.3 is 15.7 Å². The molecule has 0 spiro atoms. The number of aliphatic hydroxyl groups is 1. The second-order valence-corrected chi connectivity index (χ2v) is 9.49. The Morgan fingerprint density at radius 2 is 2.11 bits per heavy atom. The summed E-state index contributed by atoms with van der Waals surface area (Å²) in [6, 6.07) is 13.5. The number of anilines is 3. The highest BCUT2D eigenvalue weighted by Gasteiger charge is 2.25. The van der Waals surface area contributed by atoms with Crippen LogP contribution < -0.4 is 10.6 Å². The van der Waals surface area contributed by atoms with Gasteiger partial charge in [0.25, 0.3) is 0 Å². The van der Waals surface area contributed by atoms with E-state index in [1.807, 2.05) is 58.0 Å². The average Bonchev–Trinajstić information content (AvgIpc) is 3.61. The molecule has 1 aromatic carbocycles. The fourth-order valence-corrected chi connectivity index (χ4v) is 4.93. The van der Waals surface area contributed by atoms with Crippen LogP contribution in [0.25, 0.3) is 5.65 Å².